The van der Waals surface area contributed by atoms with Crippen molar-refractivity contribution >= 4 is 0 Å². The Kier molecular flexibility index (Phi) is 3.49. The first kappa shape index (κ1) is 11.7. The second-order valence-corrected chi connectivity index (χ2v) is 4.41. The second-order valence-electron chi connectivity index (χ2n) is 4.41. The number of pyridine rings is 1. The van der Waals surface area contributed by atoms with Crippen molar-refractivity contribution in [2.24, 2.45) is 11.7 Å². The lowest BCUT2D eigenvalue weighted by atomic mass is 10.0. The average Bonchev–Trinajstić information content (AvgIpc) is 2.78. The average molecular weight is 232 g/mol. The lowest BCUT2D eigenvalue weighted by Gasteiger charge is -2.08. The van der Waals surface area contributed by atoms with E-state index in [1.54, 1.807) is 6.20 Å². The zero-order valence-corrected chi connectivity index (χ0v) is 10.00. The SMILES string of the molecule is CC(C)CC(N)c1nc(-c2ccccn2)no1. The molecule has 0 aliphatic heterocycles. The van der Waals surface area contributed by atoms with Crippen molar-refractivity contribution in [1.82, 2.24) is 15.1 Å². The van der Waals surface area contributed by atoms with Crippen molar-refractivity contribution in [3.63, 3.8) is 0 Å². The minimum absolute atomic E-state index is 0.208. The Bertz CT molecular complexity index is 466. The molecule has 2 aromatic heterocycles. The van der Waals surface area contributed by atoms with Crippen molar-refractivity contribution < 1.29 is 4.52 Å². The molecule has 0 spiro atoms. The lowest BCUT2D eigenvalue weighted by molar-refractivity contribution is 0.335. The Balaban J connectivity index is 2.16. The second kappa shape index (κ2) is 5.05. The third-order valence-electron chi connectivity index (χ3n) is 2.38. The van der Waals surface area contributed by atoms with E-state index in [1.807, 2.05) is 18.2 Å². The van der Waals surface area contributed by atoms with Crippen LogP contribution in [-0.4, -0.2) is 15.1 Å². The summed E-state index contributed by atoms with van der Waals surface area (Å²) in [5, 5.41) is 3.89. The van der Waals surface area contributed by atoms with E-state index in [1.165, 1.54) is 0 Å². The van der Waals surface area contributed by atoms with Crippen molar-refractivity contribution in [3.8, 4) is 11.5 Å². The van der Waals surface area contributed by atoms with Crippen LogP contribution in [0.3, 0.4) is 0 Å². The van der Waals surface area contributed by atoms with Gasteiger partial charge in [0.15, 0.2) is 0 Å². The molecule has 0 aliphatic rings. The van der Waals surface area contributed by atoms with Crippen molar-refractivity contribution in [2.45, 2.75) is 26.3 Å². The molecule has 1 atom stereocenters. The Hall–Kier alpha value is -1.75. The topological polar surface area (TPSA) is 77.8 Å². The molecular formula is C12H16N4O. The Labute approximate surface area is 100 Å². The van der Waals surface area contributed by atoms with Gasteiger partial charge in [-0.25, -0.2) is 0 Å². The summed E-state index contributed by atoms with van der Waals surface area (Å²) in [4.78, 5) is 8.42. The van der Waals surface area contributed by atoms with E-state index < -0.39 is 0 Å². The minimum Gasteiger partial charge on any atom is -0.337 e. The number of aromatic nitrogens is 3. The summed E-state index contributed by atoms with van der Waals surface area (Å²) in [7, 11) is 0. The minimum atomic E-state index is -0.208. The van der Waals surface area contributed by atoms with Gasteiger partial charge in [0.2, 0.25) is 11.7 Å². The van der Waals surface area contributed by atoms with Crippen molar-refractivity contribution in [2.75, 3.05) is 0 Å². The van der Waals surface area contributed by atoms with E-state index in [-0.39, 0.29) is 6.04 Å². The van der Waals surface area contributed by atoms with E-state index in [4.69, 9.17) is 10.3 Å². The fraction of sp³-hybridized carbons (Fsp3) is 0.417. The fourth-order valence-corrected chi connectivity index (χ4v) is 1.59. The molecule has 2 N–H and O–H groups in total. The van der Waals surface area contributed by atoms with Crippen LogP contribution in [0.2, 0.25) is 0 Å². The molecule has 17 heavy (non-hydrogen) atoms. The monoisotopic (exact) mass is 232 g/mol. The summed E-state index contributed by atoms with van der Waals surface area (Å²) in [6.45, 7) is 4.21. The lowest BCUT2D eigenvalue weighted by Crippen LogP contribution is -2.13. The van der Waals surface area contributed by atoms with Crippen LogP contribution in [0.1, 0.15) is 32.2 Å². The van der Waals surface area contributed by atoms with Gasteiger partial charge in [-0.1, -0.05) is 25.1 Å². The van der Waals surface area contributed by atoms with Gasteiger partial charge in [0.25, 0.3) is 0 Å². The molecule has 0 radical (unpaired) electrons. The van der Waals surface area contributed by atoms with Crippen molar-refractivity contribution in [3.05, 3.63) is 30.3 Å². The van der Waals surface area contributed by atoms with Crippen LogP contribution < -0.4 is 5.73 Å². The maximum Gasteiger partial charge on any atom is 0.243 e. The molecule has 0 saturated heterocycles. The summed E-state index contributed by atoms with van der Waals surface area (Å²) < 4.78 is 5.16. The molecule has 2 aromatic rings. The van der Waals surface area contributed by atoms with E-state index in [2.05, 4.69) is 29.0 Å². The summed E-state index contributed by atoms with van der Waals surface area (Å²) in [6.07, 6.45) is 2.52. The van der Waals surface area contributed by atoms with Crippen LogP contribution in [0.4, 0.5) is 0 Å². The number of nitrogens with zero attached hydrogens (tertiary/aromatic N) is 3. The van der Waals surface area contributed by atoms with Gasteiger partial charge in [0, 0.05) is 6.20 Å². The van der Waals surface area contributed by atoms with Gasteiger partial charge in [-0.15, -0.1) is 0 Å². The molecule has 5 nitrogen and oxygen atoms in total. The van der Waals surface area contributed by atoms with Crippen LogP contribution >= 0.6 is 0 Å². The number of hydrogen-bond acceptors (Lipinski definition) is 5. The van der Waals surface area contributed by atoms with Gasteiger partial charge >= 0.3 is 0 Å². The van der Waals surface area contributed by atoms with E-state index in [0.717, 1.165) is 6.42 Å². The first-order chi connectivity index (χ1) is 8.16. The largest absolute Gasteiger partial charge is 0.337 e. The molecule has 0 amide bonds. The molecule has 0 aliphatic carbocycles. The number of hydrogen-bond donors (Lipinski definition) is 1. The normalized spacial score (nSPS) is 12.9. The smallest absolute Gasteiger partial charge is 0.243 e. The predicted molar refractivity (Wildman–Crippen MR) is 63.9 cm³/mol. The third kappa shape index (κ3) is 2.88. The van der Waals surface area contributed by atoms with Gasteiger partial charge in [-0.3, -0.25) is 4.98 Å². The van der Waals surface area contributed by atoms with Crippen LogP contribution in [0.25, 0.3) is 11.5 Å². The molecule has 0 saturated carbocycles. The number of nitrogens with two attached hydrogens (primary N) is 1. The van der Waals surface area contributed by atoms with Crippen molar-refractivity contribution in [1.29, 1.82) is 0 Å². The fourth-order valence-electron chi connectivity index (χ4n) is 1.59. The third-order valence-corrected chi connectivity index (χ3v) is 2.38. The molecule has 5 heteroatoms. The van der Waals surface area contributed by atoms with Gasteiger partial charge in [-0.05, 0) is 24.5 Å². The summed E-state index contributed by atoms with van der Waals surface area (Å²) in [6, 6.07) is 5.35. The summed E-state index contributed by atoms with van der Waals surface area (Å²) in [5.74, 6) is 1.45. The standard InChI is InChI=1S/C12H16N4O/c1-8(2)7-9(13)12-15-11(16-17-12)10-5-3-4-6-14-10/h3-6,8-9H,7,13H2,1-2H3. The quantitative estimate of drug-likeness (QED) is 0.874. The Morgan fingerprint density at radius 3 is 2.82 bits per heavy atom. The molecule has 1 unspecified atom stereocenters. The van der Waals surface area contributed by atoms with Crippen LogP contribution in [0.5, 0.6) is 0 Å². The molecule has 0 fully saturated rings. The van der Waals surface area contributed by atoms with Crippen LogP contribution in [-0.2, 0) is 0 Å². The Morgan fingerprint density at radius 2 is 2.18 bits per heavy atom. The Morgan fingerprint density at radius 1 is 1.35 bits per heavy atom. The van der Waals surface area contributed by atoms with Gasteiger partial charge in [-0.2, -0.15) is 4.98 Å². The molecule has 0 aromatic carbocycles. The van der Waals surface area contributed by atoms with Gasteiger partial charge in [0.05, 0.1) is 6.04 Å². The number of rotatable bonds is 4. The highest BCUT2D eigenvalue weighted by Crippen LogP contribution is 2.19. The molecular weight excluding hydrogens is 216 g/mol. The zero-order chi connectivity index (χ0) is 12.3. The van der Waals surface area contributed by atoms with E-state index in [9.17, 15) is 0 Å². The molecule has 2 rings (SSSR count). The highest BCUT2D eigenvalue weighted by Gasteiger charge is 2.17. The molecule has 0 bridgehead atoms. The maximum atomic E-state index is 5.97. The highest BCUT2D eigenvalue weighted by molar-refractivity contribution is 5.47. The highest BCUT2D eigenvalue weighted by atomic mass is 16.5. The maximum absolute atomic E-state index is 5.97. The summed E-state index contributed by atoms with van der Waals surface area (Å²) in [5.41, 5.74) is 6.66. The van der Waals surface area contributed by atoms with E-state index >= 15 is 0 Å². The predicted octanol–water partition coefficient (Wildman–Crippen LogP) is 2.18. The molecule has 90 valence electrons. The van der Waals surface area contributed by atoms with Crippen LogP contribution in [0, 0.1) is 5.92 Å². The van der Waals surface area contributed by atoms with Gasteiger partial charge in [0.1, 0.15) is 5.69 Å². The first-order valence-corrected chi connectivity index (χ1v) is 5.67. The summed E-state index contributed by atoms with van der Waals surface area (Å²) >= 11 is 0. The van der Waals surface area contributed by atoms with Gasteiger partial charge < -0.3 is 10.3 Å². The van der Waals surface area contributed by atoms with E-state index in [0.29, 0.717) is 23.3 Å². The van der Waals surface area contributed by atoms with Crippen LogP contribution in [0.15, 0.2) is 28.9 Å². The zero-order valence-electron chi connectivity index (χ0n) is 10.00. The first-order valence-electron chi connectivity index (χ1n) is 5.67. The molecule has 2 heterocycles.